The molecule has 0 unspecified atom stereocenters. The Bertz CT molecular complexity index is 360. The van der Waals surface area contributed by atoms with E-state index in [1.54, 1.807) is 18.2 Å². The highest BCUT2D eigenvalue weighted by molar-refractivity contribution is 5.75. The topological polar surface area (TPSA) is 95.2 Å². The van der Waals surface area contributed by atoms with Crippen molar-refractivity contribution >= 4 is 17.5 Å². The molecular weight excluding hydrogens is 170 g/mol. The number of nitrogens with two attached hydrogens (primary N) is 2. The first kappa shape index (κ1) is 9.05. The summed E-state index contributed by atoms with van der Waals surface area (Å²) in [6.45, 7) is 0. The average molecular weight is 179 g/mol. The number of hydrogen-bond acceptors (Lipinski definition) is 4. The lowest BCUT2D eigenvalue weighted by molar-refractivity contribution is -0.400. The third kappa shape index (κ3) is 2.19. The molecule has 0 aliphatic carbocycles. The van der Waals surface area contributed by atoms with Gasteiger partial charge in [0, 0.05) is 11.6 Å². The Labute approximate surface area is 74.8 Å². The van der Waals surface area contributed by atoms with Gasteiger partial charge in [0.2, 0.25) is 6.20 Å². The highest BCUT2D eigenvalue weighted by Gasteiger charge is 1.99. The van der Waals surface area contributed by atoms with E-state index in [9.17, 15) is 10.1 Å². The van der Waals surface area contributed by atoms with Crippen molar-refractivity contribution in [3.63, 3.8) is 0 Å². The van der Waals surface area contributed by atoms with E-state index in [1.165, 1.54) is 6.08 Å². The van der Waals surface area contributed by atoms with E-state index in [1.807, 2.05) is 0 Å². The van der Waals surface area contributed by atoms with Crippen LogP contribution in [0.1, 0.15) is 5.56 Å². The minimum atomic E-state index is -0.553. The second-order valence-corrected chi connectivity index (χ2v) is 2.45. The van der Waals surface area contributed by atoms with E-state index in [-0.39, 0.29) is 0 Å². The van der Waals surface area contributed by atoms with E-state index in [4.69, 9.17) is 11.5 Å². The number of nitrogen functional groups attached to an aromatic ring is 2. The van der Waals surface area contributed by atoms with E-state index in [2.05, 4.69) is 0 Å². The van der Waals surface area contributed by atoms with Crippen molar-refractivity contribution in [3.05, 3.63) is 40.1 Å². The van der Waals surface area contributed by atoms with E-state index in [0.717, 1.165) is 6.20 Å². The van der Waals surface area contributed by atoms with Gasteiger partial charge in [-0.15, -0.1) is 0 Å². The molecular formula is C8H9N3O2. The lowest BCUT2D eigenvalue weighted by atomic mass is 10.1. The van der Waals surface area contributed by atoms with Gasteiger partial charge in [-0.05, 0) is 6.07 Å². The summed E-state index contributed by atoms with van der Waals surface area (Å²) in [4.78, 5) is 9.46. The zero-order valence-corrected chi connectivity index (χ0v) is 6.81. The van der Waals surface area contributed by atoms with Crippen molar-refractivity contribution in [3.8, 4) is 0 Å². The molecule has 4 N–H and O–H groups in total. The number of nitro groups is 1. The predicted octanol–water partition coefficient (Wildman–Crippen LogP) is 1.10. The average Bonchev–Trinajstić information content (AvgIpc) is 2.07. The van der Waals surface area contributed by atoms with Crippen LogP contribution in [0.5, 0.6) is 0 Å². The molecule has 0 heterocycles. The van der Waals surface area contributed by atoms with Gasteiger partial charge in [0.05, 0.1) is 16.3 Å². The van der Waals surface area contributed by atoms with Gasteiger partial charge in [0.1, 0.15) is 0 Å². The van der Waals surface area contributed by atoms with Gasteiger partial charge in [0.25, 0.3) is 0 Å². The molecule has 0 aromatic heterocycles. The first-order valence-electron chi connectivity index (χ1n) is 3.57. The maximum absolute atomic E-state index is 10.0. The summed E-state index contributed by atoms with van der Waals surface area (Å²) in [6.07, 6.45) is 2.14. The molecule has 0 fully saturated rings. The van der Waals surface area contributed by atoms with Crippen molar-refractivity contribution in [1.29, 1.82) is 0 Å². The molecule has 0 radical (unpaired) electrons. The van der Waals surface area contributed by atoms with Gasteiger partial charge in [-0.3, -0.25) is 10.1 Å². The largest absolute Gasteiger partial charge is 0.397 e. The van der Waals surface area contributed by atoms with E-state index < -0.39 is 4.92 Å². The Morgan fingerprint density at radius 2 is 2.08 bits per heavy atom. The zero-order chi connectivity index (χ0) is 9.84. The van der Waals surface area contributed by atoms with Crippen LogP contribution in [0.25, 0.3) is 6.08 Å². The number of benzene rings is 1. The van der Waals surface area contributed by atoms with Gasteiger partial charge < -0.3 is 11.5 Å². The molecule has 0 spiro atoms. The number of anilines is 2. The molecule has 0 aliphatic heterocycles. The first-order chi connectivity index (χ1) is 6.11. The van der Waals surface area contributed by atoms with E-state index >= 15 is 0 Å². The number of para-hydroxylation sites is 1. The minimum absolute atomic E-state index is 0.362. The molecule has 1 aromatic rings. The van der Waals surface area contributed by atoms with Gasteiger partial charge in [-0.2, -0.15) is 0 Å². The Morgan fingerprint density at radius 1 is 1.38 bits per heavy atom. The molecule has 13 heavy (non-hydrogen) atoms. The molecule has 0 bridgehead atoms. The SMILES string of the molecule is Nc1cccc(/C=C/[N+](=O)[O-])c1N. The van der Waals surface area contributed by atoms with Crippen LogP contribution in [0, 0.1) is 10.1 Å². The number of nitrogens with zero attached hydrogens (tertiary/aromatic N) is 1. The van der Waals surface area contributed by atoms with Crippen LogP contribution in [0.3, 0.4) is 0 Å². The van der Waals surface area contributed by atoms with Gasteiger partial charge >= 0.3 is 0 Å². The molecule has 5 heteroatoms. The Balaban J connectivity index is 3.02. The highest BCUT2D eigenvalue weighted by atomic mass is 16.6. The summed E-state index contributed by atoms with van der Waals surface area (Å²) in [6, 6.07) is 4.98. The van der Waals surface area contributed by atoms with Crippen LogP contribution in [-0.2, 0) is 0 Å². The summed E-state index contributed by atoms with van der Waals surface area (Å²) >= 11 is 0. The summed E-state index contributed by atoms with van der Waals surface area (Å²) in [5, 5.41) is 10.0. The van der Waals surface area contributed by atoms with Crippen LogP contribution in [0.2, 0.25) is 0 Å². The minimum Gasteiger partial charge on any atom is -0.397 e. The number of hydrogen-bond donors (Lipinski definition) is 2. The van der Waals surface area contributed by atoms with Crippen molar-refractivity contribution in [2.75, 3.05) is 11.5 Å². The Kier molecular flexibility index (Phi) is 2.49. The first-order valence-corrected chi connectivity index (χ1v) is 3.57. The highest BCUT2D eigenvalue weighted by Crippen LogP contribution is 2.20. The molecule has 0 saturated heterocycles. The molecule has 0 saturated carbocycles. The summed E-state index contributed by atoms with van der Waals surface area (Å²) < 4.78 is 0. The summed E-state index contributed by atoms with van der Waals surface area (Å²) in [5.41, 5.74) is 12.4. The van der Waals surface area contributed by atoms with Crippen molar-refractivity contribution in [2.45, 2.75) is 0 Å². The fourth-order valence-corrected chi connectivity index (χ4v) is 0.888. The maximum Gasteiger partial charge on any atom is 0.235 e. The fraction of sp³-hybridized carbons (Fsp3) is 0. The summed E-state index contributed by atoms with van der Waals surface area (Å²) in [7, 11) is 0. The zero-order valence-electron chi connectivity index (χ0n) is 6.81. The maximum atomic E-state index is 10.0. The number of rotatable bonds is 2. The normalized spacial score (nSPS) is 10.5. The standard InChI is InChI=1S/C8H9N3O2/c9-7-3-1-2-6(8(7)10)4-5-11(12)13/h1-5H,9-10H2/b5-4+. The van der Waals surface area contributed by atoms with Crippen LogP contribution in [0.4, 0.5) is 11.4 Å². The fourth-order valence-electron chi connectivity index (χ4n) is 0.888. The summed E-state index contributed by atoms with van der Waals surface area (Å²) in [5.74, 6) is 0. The Hall–Kier alpha value is -2.04. The lowest BCUT2D eigenvalue weighted by Crippen LogP contribution is -1.96. The van der Waals surface area contributed by atoms with Crippen molar-refractivity contribution < 1.29 is 4.92 Å². The van der Waals surface area contributed by atoms with Crippen LogP contribution in [-0.4, -0.2) is 4.92 Å². The van der Waals surface area contributed by atoms with Gasteiger partial charge in [-0.1, -0.05) is 12.1 Å². The van der Waals surface area contributed by atoms with Crippen LogP contribution in [0.15, 0.2) is 24.4 Å². The quantitative estimate of drug-likeness (QED) is 0.403. The molecule has 0 amide bonds. The smallest absolute Gasteiger partial charge is 0.235 e. The molecule has 1 aromatic carbocycles. The van der Waals surface area contributed by atoms with E-state index in [0.29, 0.717) is 16.9 Å². The second kappa shape index (κ2) is 3.57. The van der Waals surface area contributed by atoms with Gasteiger partial charge in [-0.25, -0.2) is 0 Å². The molecule has 5 nitrogen and oxygen atoms in total. The van der Waals surface area contributed by atoms with Crippen molar-refractivity contribution in [1.82, 2.24) is 0 Å². The van der Waals surface area contributed by atoms with Crippen LogP contribution >= 0.6 is 0 Å². The lowest BCUT2D eigenvalue weighted by Gasteiger charge is -2.01. The predicted molar refractivity (Wildman–Crippen MR) is 51.3 cm³/mol. The second-order valence-electron chi connectivity index (χ2n) is 2.45. The molecule has 0 aliphatic rings. The molecule has 1 rings (SSSR count). The van der Waals surface area contributed by atoms with Crippen LogP contribution < -0.4 is 11.5 Å². The van der Waals surface area contributed by atoms with Crippen molar-refractivity contribution in [2.24, 2.45) is 0 Å². The third-order valence-corrected chi connectivity index (χ3v) is 1.55. The third-order valence-electron chi connectivity index (χ3n) is 1.55. The monoisotopic (exact) mass is 179 g/mol. The Morgan fingerprint density at radius 3 is 2.69 bits per heavy atom. The van der Waals surface area contributed by atoms with Gasteiger partial charge in [0.15, 0.2) is 0 Å². The molecule has 68 valence electrons. The molecule has 0 atom stereocenters.